The quantitative estimate of drug-likeness (QED) is 0.782. The number of rotatable bonds is 3. The highest BCUT2D eigenvalue weighted by Crippen LogP contribution is 2.27. The van der Waals surface area contributed by atoms with Gasteiger partial charge in [0, 0.05) is 19.1 Å². The Labute approximate surface area is 99.4 Å². The second-order valence-electron chi connectivity index (χ2n) is 5.76. The third-order valence-corrected chi connectivity index (χ3v) is 4.36. The van der Waals surface area contributed by atoms with E-state index in [0.717, 1.165) is 13.0 Å². The van der Waals surface area contributed by atoms with Crippen molar-refractivity contribution >= 4 is 0 Å². The maximum atomic E-state index is 9.85. The molecular formula is C13H26N2O. The van der Waals surface area contributed by atoms with E-state index in [1.807, 2.05) is 0 Å². The van der Waals surface area contributed by atoms with Crippen LogP contribution in [-0.2, 0) is 0 Å². The normalized spacial score (nSPS) is 37.1. The average Bonchev–Trinajstić information content (AvgIpc) is 2.64. The molecular weight excluding hydrogens is 200 g/mol. The van der Waals surface area contributed by atoms with E-state index < -0.39 is 0 Å². The van der Waals surface area contributed by atoms with Crippen molar-refractivity contribution in [1.29, 1.82) is 0 Å². The second-order valence-corrected chi connectivity index (χ2v) is 5.76. The number of piperidine rings is 1. The van der Waals surface area contributed by atoms with Crippen LogP contribution < -0.4 is 0 Å². The van der Waals surface area contributed by atoms with Crippen molar-refractivity contribution in [3.63, 3.8) is 0 Å². The van der Waals surface area contributed by atoms with E-state index in [1.165, 1.54) is 38.8 Å². The summed E-state index contributed by atoms with van der Waals surface area (Å²) in [5, 5.41) is 9.85. The maximum Gasteiger partial charge on any atom is 0.0580 e. The third kappa shape index (κ3) is 2.96. The average molecular weight is 226 g/mol. The van der Waals surface area contributed by atoms with Crippen molar-refractivity contribution in [2.75, 3.05) is 33.7 Å². The lowest BCUT2D eigenvalue weighted by molar-refractivity contribution is 0.0753. The van der Waals surface area contributed by atoms with Crippen LogP contribution in [0.5, 0.6) is 0 Å². The predicted octanol–water partition coefficient (Wildman–Crippen LogP) is 1.17. The van der Waals surface area contributed by atoms with Crippen molar-refractivity contribution in [3.05, 3.63) is 0 Å². The largest absolute Gasteiger partial charge is 0.393 e. The summed E-state index contributed by atoms with van der Waals surface area (Å²) in [6.45, 7) is 3.52. The van der Waals surface area contributed by atoms with E-state index in [-0.39, 0.29) is 6.10 Å². The van der Waals surface area contributed by atoms with Gasteiger partial charge >= 0.3 is 0 Å². The molecule has 2 aliphatic rings. The van der Waals surface area contributed by atoms with Gasteiger partial charge in [-0.2, -0.15) is 0 Å². The fourth-order valence-corrected chi connectivity index (χ4v) is 3.25. The first-order valence-corrected chi connectivity index (χ1v) is 6.73. The molecule has 16 heavy (non-hydrogen) atoms. The molecule has 3 atom stereocenters. The zero-order valence-electron chi connectivity index (χ0n) is 10.7. The summed E-state index contributed by atoms with van der Waals surface area (Å²) < 4.78 is 0. The molecule has 1 aliphatic carbocycles. The Morgan fingerprint density at radius 1 is 1.25 bits per heavy atom. The molecule has 0 aromatic rings. The molecule has 1 heterocycles. The fourth-order valence-electron chi connectivity index (χ4n) is 3.25. The van der Waals surface area contributed by atoms with Crippen LogP contribution in [0.15, 0.2) is 0 Å². The standard InChI is InChI=1S/C13H26N2O/c1-14-8-4-6-12(10-14)15(2)9-11-5-3-7-13(11)16/h11-13,16H,3-10H2,1-2H3. The van der Waals surface area contributed by atoms with Crippen LogP contribution in [0.25, 0.3) is 0 Å². The molecule has 0 aromatic heterocycles. The fraction of sp³-hybridized carbons (Fsp3) is 1.00. The van der Waals surface area contributed by atoms with Gasteiger partial charge in [-0.05, 0) is 52.2 Å². The summed E-state index contributed by atoms with van der Waals surface area (Å²) in [6.07, 6.45) is 6.05. The third-order valence-electron chi connectivity index (χ3n) is 4.36. The molecule has 3 nitrogen and oxygen atoms in total. The molecule has 94 valence electrons. The number of aliphatic hydroxyl groups excluding tert-OH is 1. The summed E-state index contributed by atoms with van der Waals surface area (Å²) in [6, 6.07) is 0.701. The maximum absolute atomic E-state index is 9.85. The van der Waals surface area contributed by atoms with Crippen LogP contribution in [0.4, 0.5) is 0 Å². The van der Waals surface area contributed by atoms with Crippen molar-refractivity contribution in [2.24, 2.45) is 5.92 Å². The van der Waals surface area contributed by atoms with Gasteiger partial charge in [0.15, 0.2) is 0 Å². The number of hydrogen-bond acceptors (Lipinski definition) is 3. The lowest BCUT2D eigenvalue weighted by atomic mass is 10.0. The van der Waals surface area contributed by atoms with Crippen molar-refractivity contribution in [1.82, 2.24) is 9.80 Å². The SMILES string of the molecule is CN1CCCC(N(C)CC2CCCC2O)C1. The minimum Gasteiger partial charge on any atom is -0.393 e. The molecule has 0 bridgehead atoms. The van der Waals surface area contributed by atoms with E-state index in [9.17, 15) is 5.11 Å². The van der Waals surface area contributed by atoms with Gasteiger partial charge in [0.1, 0.15) is 0 Å². The van der Waals surface area contributed by atoms with E-state index in [4.69, 9.17) is 0 Å². The number of likely N-dealkylation sites (tertiary alicyclic amines) is 1. The van der Waals surface area contributed by atoms with Crippen molar-refractivity contribution < 1.29 is 5.11 Å². The van der Waals surface area contributed by atoms with E-state index >= 15 is 0 Å². The summed E-state index contributed by atoms with van der Waals surface area (Å²) in [7, 11) is 4.44. The number of nitrogens with zero attached hydrogens (tertiary/aromatic N) is 2. The Hall–Kier alpha value is -0.120. The zero-order valence-corrected chi connectivity index (χ0v) is 10.7. The van der Waals surface area contributed by atoms with Crippen LogP contribution >= 0.6 is 0 Å². The minimum absolute atomic E-state index is 0.0382. The lowest BCUT2D eigenvalue weighted by Gasteiger charge is -2.37. The van der Waals surface area contributed by atoms with Gasteiger partial charge in [0.25, 0.3) is 0 Å². The first kappa shape index (κ1) is 12.3. The molecule has 2 fully saturated rings. The molecule has 0 radical (unpaired) electrons. The van der Waals surface area contributed by atoms with Crippen molar-refractivity contribution in [2.45, 2.75) is 44.2 Å². The highest BCUT2D eigenvalue weighted by molar-refractivity contribution is 4.83. The molecule has 2 rings (SSSR count). The second kappa shape index (κ2) is 5.48. The van der Waals surface area contributed by atoms with Gasteiger partial charge in [-0.15, -0.1) is 0 Å². The van der Waals surface area contributed by atoms with Crippen molar-refractivity contribution in [3.8, 4) is 0 Å². The van der Waals surface area contributed by atoms with E-state index in [1.54, 1.807) is 0 Å². The number of likely N-dealkylation sites (N-methyl/N-ethyl adjacent to an activating group) is 2. The Bertz CT molecular complexity index is 222. The first-order valence-electron chi connectivity index (χ1n) is 6.73. The van der Waals surface area contributed by atoms with Gasteiger partial charge in [-0.1, -0.05) is 6.42 Å². The highest BCUT2D eigenvalue weighted by Gasteiger charge is 2.29. The Morgan fingerprint density at radius 3 is 2.69 bits per heavy atom. The van der Waals surface area contributed by atoms with E-state index in [0.29, 0.717) is 12.0 Å². The Morgan fingerprint density at radius 2 is 2.06 bits per heavy atom. The molecule has 3 unspecified atom stereocenters. The molecule has 0 aromatic carbocycles. The predicted molar refractivity (Wildman–Crippen MR) is 66.5 cm³/mol. The topological polar surface area (TPSA) is 26.7 Å². The van der Waals surface area contributed by atoms with Crippen LogP contribution in [0.1, 0.15) is 32.1 Å². The Balaban J connectivity index is 1.80. The molecule has 1 aliphatic heterocycles. The molecule has 0 spiro atoms. The van der Waals surface area contributed by atoms with Gasteiger partial charge < -0.3 is 14.9 Å². The molecule has 3 heteroatoms. The van der Waals surface area contributed by atoms with Crippen LogP contribution in [0.2, 0.25) is 0 Å². The van der Waals surface area contributed by atoms with Gasteiger partial charge in [0.2, 0.25) is 0 Å². The number of aliphatic hydroxyl groups is 1. The lowest BCUT2D eigenvalue weighted by Crippen LogP contribution is -2.46. The highest BCUT2D eigenvalue weighted by atomic mass is 16.3. The van der Waals surface area contributed by atoms with Gasteiger partial charge in [0.05, 0.1) is 6.10 Å². The molecule has 0 amide bonds. The monoisotopic (exact) mass is 226 g/mol. The molecule has 1 saturated carbocycles. The van der Waals surface area contributed by atoms with Crippen LogP contribution in [-0.4, -0.2) is 60.8 Å². The van der Waals surface area contributed by atoms with Gasteiger partial charge in [-0.3, -0.25) is 0 Å². The summed E-state index contributed by atoms with van der Waals surface area (Å²) in [5.74, 6) is 0.525. The van der Waals surface area contributed by atoms with Crippen LogP contribution in [0.3, 0.4) is 0 Å². The summed E-state index contributed by atoms with van der Waals surface area (Å²) >= 11 is 0. The van der Waals surface area contributed by atoms with Gasteiger partial charge in [-0.25, -0.2) is 0 Å². The minimum atomic E-state index is -0.0382. The first-order chi connectivity index (χ1) is 7.66. The number of hydrogen-bond donors (Lipinski definition) is 1. The molecule has 1 saturated heterocycles. The summed E-state index contributed by atoms with van der Waals surface area (Å²) in [5.41, 5.74) is 0. The smallest absolute Gasteiger partial charge is 0.0580 e. The van der Waals surface area contributed by atoms with Crippen LogP contribution in [0, 0.1) is 5.92 Å². The Kier molecular flexibility index (Phi) is 4.22. The molecule has 1 N–H and O–H groups in total. The zero-order chi connectivity index (χ0) is 11.5. The summed E-state index contributed by atoms with van der Waals surface area (Å²) in [4.78, 5) is 4.91. The van der Waals surface area contributed by atoms with E-state index in [2.05, 4.69) is 23.9 Å².